The highest BCUT2D eigenvalue weighted by Crippen LogP contribution is 2.41. The van der Waals surface area contributed by atoms with Gasteiger partial charge in [0, 0.05) is 12.0 Å². The third-order valence-corrected chi connectivity index (χ3v) is 9.15. The standard InChI is InChI=1S/C27H36N2O7S/c1-4-6-12-26(5-2)17-37(34,35)22-13-19(15-27(28,25(32)33)16-23(30)31)21(36-3)14-20(22)24(29-26)18-10-8-7-9-11-18/h7-11,13-14,24,29H,4-6,12,15-17,28H2,1-3H3,(H,30,31)(H,32,33)/t24-,26-,27+/m1/s1. The lowest BCUT2D eigenvalue weighted by atomic mass is 9.86. The van der Waals surface area contributed by atoms with Gasteiger partial charge in [-0.05, 0) is 41.7 Å². The van der Waals surface area contributed by atoms with Crippen molar-refractivity contribution < 1.29 is 33.0 Å². The first kappa shape index (κ1) is 28.6. The zero-order chi connectivity index (χ0) is 27.4. The van der Waals surface area contributed by atoms with Gasteiger partial charge in [-0.25, -0.2) is 8.42 Å². The molecular formula is C27H36N2O7S. The first-order chi connectivity index (χ1) is 17.4. The van der Waals surface area contributed by atoms with Crippen LogP contribution in [0.15, 0.2) is 47.4 Å². The highest BCUT2D eigenvalue weighted by atomic mass is 32.2. The minimum atomic E-state index is -3.84. The van der Waals surface area contributed by atoms with Crippen molar-refractivity contribution in [3.63, 3.8) is 0 Å². The van der Waals surface area contributed by atoms with E-state index in [2.05, 4.69) is 12.2 Å². The van der Waals surface area contributed by atoms with E-state index in [4.69, 9.17) is 10.5 Å². The van der Waals surface area contributed by atoms with Gasteiger partial charge < -0.3 is 20.7 Å². The third-order valence-electron chi connectivity index (χ3n) is 7.19. The van der Waals surface area contributed by atoms with Crippen LogP contribution in [-0.4, -0.2) is 54.5 Å². The molecule has 0 fully saturated rings. The molecule has 0 spiro atoms. The number of carboxylic acids is 2. The molecule has 37 heavy (non-hydrogen) atoms. The summed E-state index contributed by atoms with van der Waals surface area (Å²) in [6.45, 7) is 4.04. The second kappa shape index (κ2) is 11.2. The number of aliphatic carboxylic acids is 2. The number of ether oxygens (including phenoxy) is 1. The predicted molar refractivity (Wildman–Crippen MR) is 140 cm³/mol. The molecule has 2 aromatic carbocycles. The van der Waals surface area contributed by atoms with Gasteiger partial charge in [0.1, 0.15) is 11.3 Å². The van der Waals surface area contributed by atoms with Crippen LogP contribution >= 0.6 is 0 Å². The van der Waals surface area contributed by atoms with Crippen molar-refractivity contribution in [1.29, 1.82) is 0 Å². The van der Waals surface area contributed by atoms with Gasteiger partial charge in [0.2, 0.25) is 0 Å². The summed E-state index contributed by atoms with van der Waals surface area (Å²) in [6.07, 6.45) is 1.79. The number of hydrogen-bond donors (Lipinski definition) is 4. The van der Waals surface area contributed by atoms with Crippen molar-refractivity contribution in [3.05, 3.63) is 59.2 Å². The molecule has 0 radical (unpaired) electrons. The molecule has 0 unspecified atom stereocenters. The molecule has 10 heteroatoms. The molecule has 0 amide bonds. The van der Waals surface area contributed by atoms with Gasteiger partial charge in [0.15, 0.2) is 9.84 Å². The topological polar surface area (TPSA) is 156 Å². The Balaban J connectivity index is 2.26. The Morgan fingerprint density at radius 1 is 1.19 bits per heavy atom. The van der Waals surface area contributed by atoms with E-state index in [1.807, 2.05) is 37.3 Å². The van der Waals surface area contributed by atoms with Crippen LogP contribution in [0.1, 0.15) is 68.7 Å². The molecule has 3 rings (SSSR count). The highest BCUT2D eigenvalue weighted by molar-refractivity contribution is 7.91. The molecule has 5 N–H and O–H groups in total. The number of nitrogens with one attached hydrogen (secondary N) is 1. The van der Waals surface area contributed by atoms with E-state index in [9.17, 15) is 28.2 Å². The highest BCUT2D eigenvalue weighted by Gasteiger charge is 2.43. The van der Waals surface area contributed by atoms with E-state index < -0.39 is 51.7 Å². The second-order valence-corrected chi connectivity index (χ2v) is 11.9. The van der Waals surface area contributed by atoms with Gasteiger partial charge in [0.25, 0.3) is 0 Å². The zero-order valence-electron chi connectivity index (χ0n) is 21.5. The Bertz CT molecular complexity index is 1250. The van der Waals surface area contributed by atoms with Crippen LogP contribution < -0.4 is 15.8 Å². The van der Waals surface area contributed by atoms with Crippen LogP contribution in [0.25, 0.3) is 0 Å². The van der Waals surface area contributed by atoms with E-state index >= 15 is 0 Å². The fourth-order valence-electron chi connectivity index (χ4n) is 5.08. The Labute approximate surface area is 217 Å². The maximum atomic E-state index is 13.9. The number of carboxylic acid groups (broad SMARTS) is 2. The first-order valence-electron chi connectivity index (χ1n) is 12.4. The number of nitrogens with two attached hydrogens (primary N) is 1. The largest absolute Gasteiger partial charge is 0.496 e. The molecule has 9 nitrogen and oxygen atoms in total. The Morgan fingerprint density at radius 3 is 2.41 bits per heavy atom. The lowest BCUT2D eigenvalue weighted by molar-refractivity contribution is -0.149. The smallest absolute Gasteiger partial charge is 0.324 e. The van der Waals surface area contributed by atoms with Gasteiger partial charge in [-0.1, -0.05) is 57.0 Å². The monoisotopic (exact) mass is 532 g/mol. The maximum Gasteiger partial charge on any atom is 0.324 e. The Morgan fingerprint density at radius 2 is 1.86 bits per heavy atom. The molecule has 0 aromatic heterocycles. The summed E-state index contributed by atoms with van der Waals surface area (Å²) in [4.78, 5) is 23.4. The van der Waals surface area contributed by atoms with Gasteiger partial charge >= 0.3 is 11.9 Å². The molecule has 2 aromatic rings. The minimum absolute atomic E-state index is 0.0690. The molecule has 0 bridgehead atoms. The molecule has 202 valence electrons. The average Bonchev–Trinajstić information content (AvgIpc) is 2.94. The van der Waals surface area contributed by atoms with Gasteiger partial charge in [0.05, 0.1) is 30.2 Å². The number of sulfone groups is 1. The summed E-state index contributed by atoms with van der Waals surface area (Å²) >= 11 is 0. The van der Waals surface area contributed by atoms with Crippen LogP contribution in [0.2, 0.25) is 0 Å². The van der Waals surface area contributed by atoms with E-state index in [0.717, 1.165) is 18.4 Å². The van der Waals surface area contributed by atoms with Gasteiger partial charge in [-0.15, -0.1) is 0 Å². The van der Waals surface area contributed by atoms with Crippen molar-refractivity contribution in [2.45, 2.75) is 74.4 Å². The minimum Gasteiger partial charge on any atom is -0.496 e. The number of fused-ring (bicyclic) bond motifs is 1. The summed E-state index contributed by atoms with van der Waals surface area (Å²) in [6, 6.07) is 12.1. The van der Waals surface area contributed by atoms with Gasteiger partial charge in [-0.3, -0.25) is 14.9 Å². The molecule has 1 aliphatic heterocycles. The van der Waals surface area contributed by atoms with E-state index in [1.165, 1.54) is 13.2 Å². The lowest BCUT2D eigenvalue weighted by Gasteiger charge is -2.36. The third kappa shape index (κ3) is 6.14. The van der Waals surface area contributed by atoms with E-state index in [0.29, 0.717) is 18.4 Å². The maximum absolute atomic E-state index is 13.9. The fourth-order valence-corrected chi connectivity index (χ4v) is 7.25. The number of rotatable bonds is 11. The lowest BCUT2D eigenvalue weighted by Crippen LogP contribution is -2.51. The summed E-state index contributed by atoms with van der Waals surface area (Å²) in [5.74, 6) is -2.75. The molecular weight excluding hydrogens is 496 g/mol. The van der Waals surface area contributed by atoms with Crippen LogP contribution in [0.4, 0.5) is 0 Å². The zero-order valence-corrected chi connectivity index (χ0v) is 22.3. The average molecular weight is 533 g/mol. The summed E-state index contributed by atoms with van der Waals surface area (Å²) in [7, 11) is -2.44. The van der Waals surface area contributed by atoms with Crippen LogP contribution in [-0.2, 0) is 25.8 Å². The van der Waals surface area contributed by atoms with Crippen molar-refractivity contribution in [2.24, 2.45) is 5.73 Å². The number of methoxy groups -OCH3 is 1. The van der Waals surface area contributed by atoms with Crippen molar-refractivity contribution in [1.82, 2.24) is 5.32 Å². The molecule has 0 aliphatic carbocycles. The number of benzene rings is 2. The SMILES string of the molecule is CCCC[C@]1(CC)CS(=O)(=O)c2cc(C[C@](N)(CC(=O)O)C(=O)O)c(OC)cc2[C@@H](c2ccccc2)N1. The van der Waals surface area contributed by atoms with Crippen LogP contribution in [0, 0.1) is 0 Å². The Kier molecular flexibility index (Phi) is 8.66. The number of unbranched alkanes of at least 4 members (excludes halogenated alkanes) is 1. The van der Waals surface area contributed by atoms with Crippen molar-refractivity contribution >= 4 is 21.8 Å². The van der Waals surface area contributed by atoms with E-state index in [-0.39, 0.29) is 22.0 Å². The summed E-state index contributed by atoms with van der Waals surface area (Å²) in [5, 5.41) is 22.6. The molecule has 0 saturated carbocycles. The van der Waals surface area contributed by atoms with Crippen LogP contribution in [0.3, 0.4) is 0 Å². The van der Waals surface area contributed by atoms with E-state index in [1.54, 1.807) is 6.07 Å². The van der Waals surface area contributed by atoms with Crippen molar-refractivity contribution in [2.75, 3.05) is 12.9 Å². The number of hydrogen-bond acceptors (Lipinski definition) is 7. The fraction of sp³-hybridized carbons (Fsp3) is 0.481. The molecule has 1 heterocycles. The Hall–Kier alpha value is -2.95. The summed E-state index contributed by atoms with van der Waals surface area (Å²) in [5.41, 5.74) is 4.79. The summed E-state index contributed by atoms with van der Waals surface area (Å²) < 4.78 is 33.4. The first-order valence-corrected chi connectivity index (χ1v) is 14.1. The number of carbonyl (C=O) groups is 2. The molecule has 0 saturated heterocycles. The quantitative estimate of drug-likeness (QED) is 0.341. The molecule has 1 aliphatic rings. The predicted octanol–water partition coefficient (Wildman–Crippen LogP) is 3.30. The second-order valence-electron chi connectivity index (χ2n) is 9.90. The van der Waals surface area contributed by atoms with Gasteiger partial charge in [-0.2, -0.15) is 0 Å². The van der Waals surface area contributed by atoms with Crippen molar-refractivity contribution in [3.8, 4) is 5.75 Å². The van der Waals surface area contributed by atoms with Crippen LogP contribution in [0.5, 0.6) is 5.75 Å². The normalized spacial score (nSPS) is 22.3. The molecule has 3 atom stereocenters.